The Morgan fingerprint density at radius 3 is 2.67 bits per heavy atom. The first-order valence-corrected chi connectivity index (χ1v) is 8.03. The second-order valence-electron chi connectivity index (χ2n) is 3.80. The molecule has 0 radical (unpaired) electrons. The molecule has 0 bridgehead atoms. The molecule has 96 valence electrons. The van der Waals surface area contributed by atoms with Crippen molar-refractivity contribution >= 4 is 54.8 Å². The number of hydrogen-bond acceptors (Lipinski definition) is 3. The van der Waals surface area contributed by atoms with Crippen molar-refractivity contribution in [2.24, 2.45) is 5.84 Å². The van der Waals surface area contributed by atoms with E-state index in [2.05, 4.69) is 43.4 Å². The minimum Gasteiger partial charge on any atom is -0.271 e. The van der Waals surface area contributed by atoms with Crippen LogP contribution in [0.5, 0.6) is 0 Å². The van der Waals surface area contributed by atoms with Crippen molar-refractivity contribution in [2.75, 3.05) is 0 Å². The minimum atomic E-state index is 0.000509. The lowest BCUT2D eigenvalue weighted by Crippen LogP contribution is -2.29. The van der Waals surface area contributed by atoms with Crippen LogP contribution in [0, 0.1) is 0 Å². The highest BCUT2D eigenvalue weighted by Crippen LogP contribution is 2.31. The third kappa shape index (κ3) is 3.56. The molecule has 0 saturated carbocycles. The van der Waals surface area contributed by atoms with Crippen molar-refractivity contribution in [3.05, 3.63) is 54.1 Å². The van der Waals surface area contributed by atoms with Crippen molar-refractivity contribution in [1.29, 1.82) is 0 Å². The van der Waals surface area contributed by atoms with E-state index in [1.165, 1.54) is 4.88 Å². The summed E-state index contributed by atoms with van der Waals surface area (Å²) in [4.78, 5) is 1.25. The van der Waals surface area contributed by atoms with Gasteiger partial charge in [-0.25, -0.2) is 0 Å². The largest absolute Gasteiger partial charge is 0.271 e. The Balaban J connectivity index is 2.25. The zero-order chi connectivity index (χ0) is 13.1. The van der Waals surface area contributed by atoms with Gasteiger partial charge in [0.05, 0.1) is 9.83 Å². The van der Waals surface area contributed by atoms with Crippen molar-refractivity contribution < 1.29 is 0 Å². The molecular weight excluding hydrogens is 399 g/mol. The molecule has 6 heteroatoms. The summed E-state index contributed by atoms with van der Waals surface area (Å²) in [7, 11) is 0. The minimum absolute atomic E-state index is 0.000509. The van der Waals surface area contributed by atoms with Crippen molar-refractivity contribution in [3.8, 4) is 0 Å². The van der Waals surface area contributed by atoms with Crippen LogP contribution in [0.1, 0.15) is 16.5 Å². The Morgan fingerprint density at radius 1 is 1.28 bits per heavy atom. The highest BCUT2D eigenvalue weighted by molar-refractivity contribution is 9.11. The van der Waals surface area contributed by atoms with Crippen LogP contribution in [-0.2, 0) is 6.42 Å². The first kappa shape index (κ1) is 14.5. The summed E-state index contributed by atoms with van der Waals surface area (Å²) in [5.74, 6) is 5.65. The van der Waals surface area contributed by atoms with E-state index in [0.717, 1.165) is 25.3 Å². The van der Waals surface area contributed by atoms with Gasteiger partial charge in [0.25, 0.3) is 0 Å². The van der Waals surface area contributed by atoms with Crippen LogP contribution in [0.4, 0.5) is 0 Å². The van der Waals surface area contributed by atoms with Gasteiger partial charge in [-0.2, -0.15) is 0 Å². The molecule has 0 aliphatic carbocycles. The zero-order valence-corrected chi connectivity index (χ0v) is 14.0. The molecule has 2 nitrogen and oxygen atoms in total. The maximum absolute atomic E-state index is 6.22. The lowest BCUT2D eigenvalue weighted by atomic mass is 10.0. The van der Waals surface area contributed by atoms with Crippen molar-refractivity contribution in [1.82, 2.24) is 5.43 Å². The fraction of sp³-hybridized carbons (Fsp3) is 0.167. The number of hydrazine groups is 1. The van der Waals surface area contributed by atoms with E-state index in [9.17, 15) is 0 Å². The SMILES string of the molecule is NNC(Cc1ccc(Br)s1)c1cc(Br)ccc1Cl. The van der Waals surface area contributed by atoms with Gasteiger partial charge in [0, 0.05) is 20.8 Å². The summed E-state index contributed by atoms with van der Waals surface area (Å²) >= 11 is 14.8. The van der Waals surface area contributed by atoms with E-state index >= 15 is 0 Å². The summed E-state index contributed by atoms with van der Waals surface area (Å²) in [5, 5.41) is 0.719. The Bertz CT molecular complexity index is 545. The Kier molecular flexibility index (Phi) is 5.24. The number of thiophene rings is 1. The standard InChI is InChI=1S/C12H11Br2ClN2S/c13-7-1-3-10(15)9(5-7)11(17-16)6-8-2-4-12(14)18-8/h1-5,11,17H,6,16H2. The molecule has 0 aliphatic rings. The van der Waals surface area contributed by atoms with Gasteiger partial charge in [-0.05, 0) is 51.8 Å². The lowest BCUT2D eigenvalue weighted by molar-refractivity contribution is 0.555. The molecule has 0 aliphatic heterocycles. The molecule has 1 aromatic carbocycles. The summed E-state index contributed by atoms with van der Waals surface area (Å²) in [6.07, 6.45) is 0.808. The molecule has 2 aromatic rings. The van der Waals surface area contributed by atoms with Crippen LogP contribution in [-0.4, -0.2) is 0 Å². The molecule has 0 fully saturated rings. The predicted molar refractivity (Wildman–Crippen MR) is 84.9 cm³/mol. The van der Waals surface area contributed by atoms with Crippen LogP contribution in [0.2, 0.25) is 5.02 Å². The Morgan fingerprint density at radius 2 is 2.06 bits per heavy atom. The van der Waals surface area contributed by atoms with E-state index in [1.54, 1.807) is 11.3 Å². The average molecular weight is 411 g/mol. The summed E-state index contributed by atoms with van der Waals surface area (Å²) in [6.45, 7) is 0. The van der Waals surface area contributed by atoms with E-state index in [0.29, 0.717) is 0 Å². The topological polar surface area (TPSA) is 38.0 Å². The molecule has 0 saturated heterocycles. The van der Waals surface area contributed by atoms with Crippen LogP contribution in [0.25, 0.3) is 0 Å². The van der Waals surface area contributed by atoms with E-state index in [4.69, 9.17) is 17.4 Å². The van der Waals surface area contributed by atoms with Gasteiger partial charge in [-0.15, -0.1) is 11.3 Å². The Labute approximate surface area is 132 Å². The van der Waals surface area contributed by atoms with Gasteiger partial charge >= 0.3 is 0 Å². The van der Waals surface area contributed by atoms with Gasteiger partial charge in [0.1, 0.15) is 0 Å². The first-order valence-electron chi connectivity index (χ1n) is 5.25. The molecule has 0 spiro atoms. The monoisotopic (exact) mass is 408 g/mol. The molecule has 1 atom stereocenters. The van der Waals surface area contributed by atoms with Crippen LogP contribution >= 0.6 is 54.8 Å². The van der Waals surface area contributed by atoms with E-state index in [-0.39, 0.29) is 6.04 Å². The number of halogens is 3. The lowest BCUT2D eigenvalue weighted by Gasteiger charge is -2.17. The highest BCUT2D eigenvalue weighted by Gasteiger charge is 2.15. The molecule has 1 heterocycles. The van der Waals surface area contributed by atoms with E-state index in [1.807, 2.05) is 24.3 Å². The molecule has 1 unspecified atom stereocenters. The molecular formula is C12H11Br2ClN2S. The fourth-order valence-electron chi connectivity index (χ4n) is 1.70. The average Bonchev–Trinajstić information content (AvgIpc) is 2.75. The molecule has 1 aromatic heterocycles. The van der Waals surface area contributed by atoms with Gasteiger partial charge < -0.3 is 0 Å². The number of hydrogen-bond donors (Lipinski definition) is 2. The normalized spacial score (nSPS) is 12.7. The number of rotatable bonds is 4. The molecule has 3 N–H and O–H groups in total. The third-order valence-electron chi connectivity index (χ3n) is 2.57. The number of benzene rings is 1. The van der Waals surface area contributed by atoms with Gasteiger partial charge in [0.15, 0.2) is 0 Å². The van der Waals surface area contributed by atoms with E-state index < -0.39 is 0 Å². The second-order valence-corrected chi connectivity index (χ2v) is 7.67. The maximum atomic E-state index is 6.22. The van der Waals surface area contributed by atoms with Crippen LogP contribution < -0.4 is 11.3 Å². The Hall–Kier alpha value is 0.0900. The molecule has 18 heavy (non-hydrogen) atoms. The summed E-state index contributed by atoms with van der Waals surface area (Å²) in [5.41, 5.74) is 3.83. The van der Waals surface area contributed by atoms with Crippen LogP contribution in [0.15, 0.2) is 38.6 Å². The maximum Gasteiger partial charge on any atom is 0.0701 e. The zero-order valence-electron chi connectivity index (χ0n) is 9.29. The van der Waals surface area contributed by atoms with Crippen molar-refractivity contribution in [3.63, 3.8) is 0 Å². The first-order chi connectivity index (χ1) is 8.60. The highest BCUT2D eigenvalue weighted by atomic mass is 79.9. The summed E-state index contributed by atoms with van der Waals surface area (Å²) < 4.78 is 2.11. The molecule has 0 amide bonds. The second kappa shape index (κ2) is 6.50. The van der Waals surface area contributed by atoms with Gasteiger partial charge in [-0.1, -0.05) is 27.5 Å². The van der Waals surface area contributed by atoms with Gasteiger partial charge in [-0.3, -0.25) is 11.3 Å². The van der Waals surface area contributed by atoms with Crippen molar-refractivity contribution in [2.45, 2.75) is 12.5 Å². The smallest absolute Gasteiger partial charge is 0.0701 e. The predicted octanol–water partition coefficient (Wildman–Crippen LogP) is 4.67. The third-order valence-corrected chi connectivity index (χ3v) is 5.05. The molecule has 2 rings (SSSR count). The number of nitrogens with one attached hydrogen (secondary N) is 1. The quantitative estimate of drug-likeness (QED) is 0.568. The van der Waals surface area contributed by atoms with Gasteiger partial charge in [0.2, 0.25) is 0 Å². The van der Waals surface area contributed by atoms with Crippen LogP contribution in [0.3, 0.4) is 0 Å². The fourth-order valence-corrected chi connectivity index (χ4v) is 3.86. The number of nitrogens with two attached hydrogens (primary N) is 1. The summed E-state index contributed by atoms with van der Waals surface area (Å²) in [6, 6.07) is 9.91.